The molecule has 2 amide bonds. The molecule has 0 aliphatic heterocycles. The maximum Gasteiger partial charge on any atom is 0.280 e. The van der Waals surface area contributed by atoms with Crippen LogP contribution in [0.15, 0.2) is 35.3 Å². The molecule has 7 N–H and O–H groups in total. The summed E-state index contributed by atoms with van der Waals surface area (Å²) in [7, 11) is 5.11. The summed E-state index contributed by atoms with van der Waals surface area (Å²) in [5, 5.41) is 18.6. The number of nitrogens with two attached hydrogens (primary N) is 1. The number of rotatable bonds is 16. The number of aromatic nitrogens is 4. The van der Waals surface area contributed by atoms with Crippen LogP contribution < -0.4 is 27.2 Å². The SMILES string of the molecule is C=O.COCCCSSCCNC(=O)CCC(O)NC(=O)c1ccc(NCc2cnc3nc(N)[nH]c(=O)c3n2)cc1. The van der Waals surface area contributed by atoms with E-state index in [1.54, 1.807) is 53.0 Å². The van der Waals surface area contributed by atoms with Gasteiger partial charge < -0.3 is 36.3 Å². The zero-order valence-corrected chi connectivity index (χ0v) is 24.2. The molecule has 3 rings (SSSR count). The number of hydrogen-bond acceptors (Lipinski definition) is 13. The first kappa shape index (κ1) is 33.5. The Labute approximate surface area is 244 Å². The van der Waals surface area contributed by atoms with E-state index in [-0.39, 0.29) is 42.4 Å². The van der Waals surface area contributed by atoms with Crippen LogP contribution in [0.5, 0.6) is 0 Å². The van der Waals surface area contributed by atoms with E-state index in [9.17, 15) is 19.5 Å². The topological polar surface area (TPSA) is 214 Å². The first-order chi connectivity index (χ1) is 19.9. The van der Waals surface area contributed by atoms with Crippen LogP contribution >= 0.6 is 21.6 Å². The van der Waals surface area contributed by atoms with Crippen molar-refractivity contribution in [2.75, 3.05) is 42.8 Å². The van der Waals surface area contributed by atoms with Crippen LogP contribution in [0.4, 0.5) is 11.6 Å². The molecule has 41 heavy (non-hydrogen) atoms. The number of amides is 2. The van der Waals surface area contributed by atoms with Crippen LogP contribution in [-0.4, -0.2) is 81.6 Å². The van der Waals surface area contributed by atoms with Gasteiger partial charge in [-0.3, -0.25) is 19.4 Å². The summed E-state index contributed by atoms with van der Waals surface area (Å²) in [6, 6.07) is 6.61. The van der Waals surface area contributed by atoms with Crippen LogP contribution in [0.3, 0.4) is 0 Å². The highest BCUT2D eigenvalue weighted by Gasteiger charge is 2.13. The Kier molecular flexibility index (Phi) is 15.2. The number of ether oxygens (including phenoxy) is 1. The van der Waals surface area contributed by atoms with Gasteiger partial charge in [-0.1, -0.05) is 21.6 Å². The normalized spacial score (nSPS) is 11.3. The number of aliphatic hydroxyl groups is 1. The minimum absolute atomic E-state index is 0.0282. The lowest BCUT2D eigenvalue weighted by Crippen LogP contribution is -2.36. The predicted molar refractivity (Wildman–Crippen MR) is 160 cm³/mol. The zero-order chi connectivity index (χ0) is 30.0. The molecule has 1 aromatic carbocycles. The minimum atomic E-state index is -1.15. The molecule has 16 heteroatoms. The van der Waals surface area contributed by atoms with E-state index in [4.69, 9.17) is 15.3 Å². The van der Waals surface area contributed by atoms with E-state index in [1.165, 1.54) is 6.20 Å². The van der Waals surface area contributed by atoms with E-state index in [0.717, 1.165) is 24.5 Å². The summed E-state index contributed by atoms with van der Waals surface area (Å²) in [6.07, 6.45) is 1.54. The van der Waals surface area contributed by atoms with Crippen molar-refractivity contribution in [3.63, 3.8) is 0 Å². The third-order valence-corrected chi connectivity index (χ3v) is 7.71. The van der Waals surface area contributed by atoms with Crippen molar-refractivity contribution >= 4 is 63.0 Å². The second-order valence-electron chi connectivity index (χ2n) is 8.28. The van der Waals surface area contributed by atoms with Crippen molar-refractivity contribution in [1.29, 1.82) is 0 Å². The Morgan fingerprint density at radius 1 is 1.17 bits per heavy atom. The van der Waals surface area contributed by atoms with Gasteiger partial charge in [0.25, 0.3) is 11.5 Å². The summed E-state index contributed by atoms with van der Waals surface area (Å²) in [5.74, 6) is 1.12. The molecular weight excluding hydrogens is 572 g/mol. The number of hydrogen-bond donors (Lipinski definition) is 6. The molecule has 0 spiro atoms. The maximum atomic E-state index is 12.4. The third-order valence-electron chi connectivity index (χ3n) is 5.22. The van der Waals surface area contributed by atoms with Gasteiger partial charge in [0.05, 0.1) is 18.4 Å². The van der Waals surface area contributed by atoms with Crippen molar-refractivity contribution in [2.24, 2.45) is 0 Å². The van der Waals surface area contributed by atoms with Gasteiger partial charge in [0.2, 0.25) is 11.9 Å². The van der Waals surface area contributed by atoms with Gasteiger partial charge in [-0.2, -0.15) is 4.98 Å². The minimum Gasteiger partial charge on any atom is -0.385 e. The summed E-state index contributed by atoms with van der Waals surface area (Å²) in [4.78, 5) is 59.1. The number of nitrogens with zero attached hydrogens (tertiary/aromatic N) is 3. The van der Waals surface area contributed by atoms with E-state index >= 15 is 0 Å². The average molecular weight is 607 g/mol. The first-order valence-electron chi connectivity index (χ1n) is 12.5. The lowest BCUT2D eigenvalue weighted by atomic mass is 10.2. The first-order valence-corrected chi connectivity index (χ1v) is 15.0. The third kappa shape index (κ3) is 12.1. The van der Waals surface area contributed by atoms with Crippen molar-refractivity contribution in [3.05, 3.63) is 52.1 Å². The molecule has 222 valence electrons. The summed E-state index contributed by atoms with van der Waals surface area (Å²) in [5.41, 5.74) is 6.88. The Balaban J connectivity index is 0.00000287. The highest BCUT2D eigenvalue weighted by atomic mass is 33.1. The molecule has 2 heterocycles. The number of benzene rings is 1. The fourth-order valence-electron chi connectivity index (χ4n) is 3.26. The van der Waals surface area contributed by atoms with Gasteiger partial charge in [0.15, 0.2) is 11.2 Å². The number of anilines is 2. The number of H-pyrrole nitrogens is 1. The second-order valence-corrected chi connectivity index (χ2v) is 11.0. The number of carbonyl (C=O) groups excluding carboxylic acids is 3. The highest BCUT2D eigenvalue weighted by molar-refractivity contribution is 8.76. The van der Waals surface area contributed by atoms with Gasteiger partial charge >= 0.3 is 0 Å². The van der Waals surface area contributed by atoms with Crippen LogP contribution in [-0.2, 0) is 20.9 Å². The van der Waals surface area contributed by atoms with Crippen molar-refractivity contribution in [1.82, 2.24) is 30.6 Å². The Hall–Kier alpha value is -3.73. The molecule has 0 saturated heterocycles. The number of carbonyl (C=O) groups is 3. The Bertz CT molecular complexity index is 1310. The lowest BCUT2D eigenvalue weighted by Gasteiger charge is -2.13. The number of aromatic amines is 1. The number of methoxy groups -OCH3 is 1. The van der Waals surface area contributed by atoms with Crippen molar-refractivity contribution in [2.45, 2.75) is 32.0 Å². The molecule has 0 bridgehead atoms. The highest BCUT2D eigenvalue weighted by Crippen LogP contribution is 2.21. The summed E-state index contributed by atoms with van der Waals surface area (Å²) in [6.45, 7) is 3.57. The molecule has 0 saturated carbocycles. The largest absolute Gasteiger partial charge is 0.385 e. The van der Waals surface area contributed by atoms with E-state index < -0.39 is 17.7 Å². The van der Waals surface area contributed by atoms with Gasteiger partial charge in [-0.15, -0.1) is 0 Å². The van der Waals surface area contributed by atoms with Crippen LogP contribution in [0.1, 0.15) is 35.3 Å². The van der Waals surface area contributed by atoms with E-state index in [2.05, 4.69) is 35.9 Å². The summed E-state index contributed by atoms with van der Waals surface area (Å²) < 4.78 is 4.99. The molecule has 0 aliphatic carbocycles. The smallest absolute Gasteiger partial charge is 0.280 e. The lowest BCUT2D eigenvalue weighted by molar-refractivity contribution is -0.121. The standard InChI is InChI=1S/C24H32N8O5S2.CH2O/c1-37-10-2-11-38-39-12-9-26-18(33)7-8-19(34)30-22(35)15-3-5-16(6-4-15)27-13-17-14-28-21-20(29-17)23(36)32-24(25)31-21;1-2/h3-6,14,19,27,34H,2,7-13H2,1H3,(H,26,33)(H,30,35)(H3,25,28,31,32,36);1H2. The van der Waals surface area contributed by atoms with Gasteiger partial charge in [0, 0.05) is 55.9 Å². The second kappa shape index (κ2) is 18.6. The van der Waals surface area contributed by atoms with Crippen LogP contribution in [0, 0.1) is 0 Å². The number of fused-ring (bicyclic) bond motifs is 1. The molecule has 0 aliphatic rings. The monoisotopic (exact) mass is 606 g/mol. The Morgan fingerprint density at radius 3 is 2.63 bits per heavy atom. The summed E-state index contributed by atoms with van der Waals surface area (Å²) >= 11 is 0. The van der Waals surface area contributed by atoms with Crippen molar-refractivity contribution in [3.8, 4) is 0 Å². The van der Waals surface area contributed by atoms with E-state index in [1.807, 2.05) is 6.79 Å². The van der Waals surface area contributed by atoms with E-state index in [0.29, 0.717) is 23.5 Å². The molecular formula is C25H34N8O6S2. The molecule has 0 radical (unpaired) electrons. The Morgan fingerprint density at radius 2 is 1.90 bits per heavy atom. The quantitative estimate of drug-likeness (QED) is 0.0766. The molecule has 2 aromatic heterocycles. The van der Waals surface area contributed by atoms with Gasteiger partial charge in [0.1, 0.15) is 13.0 Å². The molecule has 1 atom stereocenters. The number of aliphatic hydroxyl groups excluding tert-OH is 1. The molecule has 1 unspecified atom stereocenters. The number of nitrogen functional groups attached to an aromatic ring is 1. The van der Waals surface area contributed by atoms with Gasteiger partial charge in [-0.25, -0.2) is 9.97 Å². The number of nitrogens with one attached hydrogen (secondary N) is 4. The molecule has 14 nitrogen and oxygen atoms in total. The predicted octanol–water partition coefficient (Wildman–Crippen LogP) is 1.09. The van der Waals surface area contributed by atoms with Crippen molar-refractivity contribution < 1.29 is 24.2 Å². The molecule has 3 aromatic rings. The fourth-order valence-corrected chi connectivity index (χ4v) is 5.23. The zero-order valence-electron chi connectivity index (χ0n) is 22.6. The average Bonchev–Trinajstić information content (AvgIpc) is 2.97. The van der Waals surface area contributed by atoms with Gasteiger partial charge in [-0.05, 0) is 30.7 Å². The van der Waals surface area contributed by atoms with Crippen LogP contribution in [0.25, 0.3) is 11.2 Å². The fraction of sp³-hybridized carbons (Fsp3) is 0.400. The van der Waals surface area contributed by atoms with Crippen LogP contribution in [0.2, 0.25) is 0 Å². The maximum absolute atomic E-state index is 12.4. The molecule has 0 fully saturated rings.